The Morgan fingerprint density at radius 1 is 0.837 bits per heavy atom. The number of nitrogens with one attached hydrogen (secondary N) is 4. The summed E-state index contributed by atoms with van der Waals surface area (Å²) in [5, 5.41) is 12.6. The average Bonchev–Trinajstić information content (AvgIpc) is 2.97. The maximum Gasteiger partial charge on any atom is 0.253 e. The molecule has 0 bridgehead atoms. The number of anilines is 5. The van der Waals surface area contributed by atoms with Crippen molar-refractivity contribution in [1.82, 2.24) is 36.1 Å². The van der Waals surface area contributed by atoms with Crippen LogP contribution in [0.5, 0.6) is 0 Å². The van der Waals surface area contributed by atoms with Gasteiger partial charge in [0.15, 0.2) is 22.8 Å². The summed E-state index contributed by atoms with van der Waals surface area (Å²) in [6.07, 6.45) is 2.79. The second-order valence-corrected chi connectivity index (χ2v) is 9.31. The number of nitrogens with two attached hydrogens (primary N) is 6. The summed E-state index contributed by atoms with van der Waals surface area (Å²) in [6, 6.07) is 9.72. The number of hydrogen-bond acceptors (Lipinski definition) is 14. The summed E-state index contributed by atoms with van der Waals surface area (Å²) in [4.78, 5) is 41.9. The summed E-state index contributed by atoms with van der Waals surface area (Å²) < 4.78 is 0. The van der Waals surface area contributed by atoms with E-state index in [1.807, 2.05) is 0 Å². The zero-order valence-corrected chi connectivity index (χ0v) is 23.1. The normalized spacial score (nSPS) is 11.2. The van der Waals surface area contributed by atoms with Gasteiger partial charge >= 0.3 is 0 Å². The Morgan fingerprint density at radius 3 is 2.23 bits per heavy atom. The van der Waals surface area contributed by atoms with Gasteiger partial charge in [0.1, 0.15) is 0 Å². The number of hydrazone groups is 1. The molecular weight excluding hydrogens is 554 g/mol. The Labute approximate surface area is 245 Å². The number of carbonyl (C=O) groups excluding carboxylic acids is 2. The minimum Gasteiger partial charge on any atom is -0.399 e. The van der Waals surface area contributed by atoms with Crippen LogP contribution >= 0.6 is 0 Å². The molecule has 0 saturated heterocycles. The van der Waals surface area contributed by atoms with Crippen LogP contribution < -0.4 is 56.0 Å². The first-order chi connectivity index (χ1) is 20.7. The second-order valence-electron chi connectivity index (χ2n) is 9.31. The SMILES string of the molecule is NN/N=C(\N)c1cc(N)ccc1C(=O)NCCCCNC(=O)c1ccc(NCc2cnc3nc(N)nc(N)c3n2)cc1N. The molecule has 0 radical (unpaired) electrons. The average molecular weight is 588 g/mol. The van der Waals surface area contributed by atoms with E-state index < -0.39 is 0 Å². The second kappa shape index (κ2) is 13.6. The van der Waals surface area contributed by atoms with Crippen molar-refractivity contribution >= 4 is 57.6 Å². The molecule has 0 aliphatic rings. The van der Waals surface area contributed by atoms with Crippen molar-refractivity contribution < 1.29 is 9.59 Å². The fraction of sp³-hybridized carbons (Fsp3) is 0.192. The maximum absolute atomic E-state index is 12.7. The molecule has 2 aromatic carbocycles. The smallest absolute Gasteiger partial charge is 0.253 e. The van der Waals surface area contributed by atoms with Gasteiger partial charge < -0.3 is 44.6 Å². The van der Waals surface area contributed by atoms with Gasteiger partial charge in [-0.15, -0.1) is 5.10 Å². The number of unbranched alkanes of at least 4 members (excludes halogenated alkanes) is 1. The molecule has 4 rings (SSSR count). The molecule has 17 nitrogen and oxygen atoms in total. The highest BCUT2D eigenvalue weighted by molar-refractivity contribution is 6.09. The van der Waals surface area contributed by atoms with E-state index in [0.29, 0.717) is 83.1 Å². The fourth-order valence-corrected chi connectivity index (χ4v) is 4.09. The largest absolute Gasteiger partial charge is 0.399 e. The summed E-state index contributed by atoms with van der Waals surface area (Å²) >= 11 is 0. The summed E-state index contributed by atoms with van der Waals surface area (Å²) in [5.74, 6) is 4.73. The summed E-state index contributed by atoms with van der Waals surface area (Å²) in [7, 11) is 0. The van der Waals surface area contributed by atoms with Crippen molar-refractivity contribution in [3.8, 4) is 0 Å². The predicted molar refractivity (Wildman–Crippen MR) is 165 cm³/mol. The lowest BCUT2D eigenvalue weighted by molar-refractivity contribution is 0.0940. The highest BCUT2D eigenvalue weighted by Gasteiger charge is 2.15. The van der Waals surface area contributed by atoms with Crippen LogP contribution in [0.4, 0.5) is 28.8 Å². The summed E-state index contributed by atoms with van der Waals surface area (Å²) in [5.41, 5.74) is 35.1. The van der Waals surface area contributed by atoms with Gasteiger partial charge in [-0.3, -0.25) is 9.59 Å². The van der Waals surface area contributed by atoms with Crippen LogP contribution in [0, 0.1) is 0 Å². The van der Waals surface area contributed by atoms with Gasteiger partial charge in [-0.25, -0.2) is 21.3 Å². The van der Waals surface area contributed by atoms with E-state index in [9.17, 15) is 9.59 Å². The molecule has 43 heavy (non-hydrogen) atoms. The molecule has 4 aromatic rings. The fourth-order valence-electron chi connectivity index (χ4n) is 4.09. The molecule has 0 saturated carbocycles. The molecule has 2 amide bonds. The van der Waals surface area contributed by atoms with E-state index in [4.69, 9.17) is 34.5 Å². The molecule has 0 fully saturated rings. The Bertz CT molecular complexity index is 1670. The first-order valence-corrected chi connectivity index (χ1v) is 13.1. The van der Waals surface area contributed by atoms with E-state index in [1.54, 1.807) is 36.5 Å². The summed E-state index contributed by atoms with van der Waals surface area (Å²) in [6.45, 7) is 1.09. The van der Waals surface area contributed by atoms with Crippen molar-refractivity contribution in [1.29, 1.82) is 0 Å². The lowest BCUT2D eigenvalue weighted by Gasteiger charge is -2.12. The Morgan fingerprint density at radius 2 is 1.53 bits per heavy atom. The Balaban J connectivity index is 1.22. The van der Waals surface area contributed by atoms with Gasteiger partial charge in [-0.05, 0) is 49.2 Å². The van der Waals surface area contributed by atoms with Crippen LogP contribution in [0.2, 0.25) is 0 Å². The van der Waals surface area contributed by atoms with E-state index >= 15 is 0 Å². The third kappa shape index (κ3) is 7.61. The van der Waals surface area contributed by atoms with Crippen molar-refractivity contribution in [2.24, 2.45) is 16.7 Å². The Kier molecular flexibility index (Phi) is 9.48. The van der Waals surface area contributed by atoms with Gasteiger partial charge in [-0.1, -0.05) is 0 Å². The highest BCUT2D eigenvalue weighted by Crippen LogP contribution is 2.20. The van der Waals surface area contributed by atoms with Gasteiger partial charge in [-0.2, -0.15) is 9.97 Å². The van der Waals surface area contributed by atoms with E-state index in [-0.39, 0.29) is 29.4 Å². The lowest BCUT2D eigenvalue weighted by atomic mass is 10.0. The zero-order chi connectivity index (χ0) is 30.9. The number of hydrazine groups is 1. The molecular formula is C26H33N15O2. The number of hydrogen-bond donors (Lipinski definition) is 10. The van der Waals surface area contributed by atoms with Crippen LogP contribution in [-0.4, -0.2) is 50.7 Å². The minimum absolute atomic E-state index is 0.0254. The molecule has 224 valence electrons. The van der Waals surface area contributed by atoms with Crippen molar-refractivity contribution in [3.63, 3.8) is 0 Å². The van der Waals surface area contributed by atoms with Crippen LogP contribution in [0.25, 0.3) is 11.2 Å². The van der Waals surface area contributed by atoms with Crippen LogP contribution in [-0.2, 0) is 6.54 Å². The number of nitrogens with zero attached hydrogens (tertiary/aromatic N) is 5. The number of nitrogen functional groups attached to an aromatic ring is 4. The molecule has 2 heterocycles. The molecule has 17 heteroatoms. The number of carbonyl (C=O) groups is 2. The molecule has 16 N–H and O–H groups in total. The van der Waals surface area contributed by atoms with E-state index in [2.05, 4.69) is 46.5 Å². The lowest BCUT2D eigenvalue weighted by Crippen LogP contribution is -2.30. The molecule has 0 atom stereocenters. The van der Waals surface area contributed by atoms with Crippen molar-refractivity contribution in [2.75, 3.05) is 41.3 Å². The van der Waals surface area contributed by atoms with Crippen LogP contribution in [0.3, 0.4) is 0 Å². The first-order valence-electron chi connectivity index (χ1n) is 13.1. The predicted octanol–water partition coefficient (Wildman–Crippen LogP) is -0.616. The number of amides is 2. The van der Waals surface area contributed by atoms with Crippen molar-refractivity contribution in [2.45, 2.75) is 19.4 Å². The van der Waals surface area contributed by atoms with Gasteiger partial charge in [0.05, 0.1) is 29.6 Å². The zero-order valence-electron chi connectivity index (χ0n) is 23.1. The van der Waals surface area contributed by atoms with E-state index in [1.165, 1.54) is 6.07 Å². The maximum atomic E-state index is 12.7. The minimum atomic E-state index is -0.341. The molecule has 0 spiro atoms. The van der Waals surface area contributed by atoms with Crippen LogP contribution in [0.1, 0.15) is 44.8 Å². The van der Waals surface area contributed by atoms with E-state index in [0.717, 1.165) is 0 Å². The third-order valence-electron chi connectivity index (χ3n) is 6.19. The standard InChI is InChI=1S/C26H33N15O2/c27-13-3-5-16(18(9-13)21(29)40-41-32)24(42)33-7-1-2-8-34-25(43)17-6-4-14(10-19(17)28)35-11-15-12-36-23-20(37-15)22(30)38-26(31)39-23/h3-6,9-10,12,35,41H,1-2,7-8,11,27-28,32H2,(H2,29,40)(H,33,42)(H,34,43)(H4,30,31,36,38,39). The monoisotopic (exact) mass is 587 g/mol. The number of amidine groups is 1. The third-order valence-corrected chi connectivity index (χ3v) is 6.19. The Hall–Kier alpha value is -5.97. The number of aromatic nitrogens is 4. The first kappa shape index (κ1) is 30.0. The highest BCUT2D eigenvalue weighted by atomic mass is 16.2. The molecule has 0 aliphatic carbocycles. The number of rotatable bonds is 12. The van der Waals surface area contributed by atoms with Gasteiger partial charge in [0.25, 0.3) is 11.8 Å². The quantitative estimate of drug-likeness (QED) is 0.0247. The van der Waals surface area contributed by atoms with Crippen molar-refractivity contribution in [3.05, 3.63) is 65.0 Å². The topological polar surface area (TPSA) is 302 Å². The molecule has 2 aromatic heterocycles. The van der Waals surface area contributed by atoms with Gasteiger partial charge in [0.2, 0.25) is 5.95 Å². The molecule has 0 unspecified atom stereocenters. The van der Waals surface area contributed by atoms with Crippen LogP contribution in [0.15, 0.2) is 47.7 Å². The number of benzene rings is 2. The number of fused-ring (bicyclic) bond motifs is 1. The molecule has 0 aliphatic heterocycles. The van der Waals surface area contributed by atoms with Gasteiger partial charge in [0, 0.05) is 35.7 Å².